The van der Waals surface area contributed by atoms with Crippen LogP contribution in [0.3, 0.4) is 0 Å². The van der Waals surface area contributed by atoms with Crippen LogP contribution >= 0.6 is 0 Å². The van der Waals surface area contributed by atoms with Crippen LogP contribution in [0.2, 0.25) is 0 Å². The summed E-state index contributed by atoms with van der Waals surface area (Å²) in [7, 11) is 0. The lowest BCUT2D eigenvalue weighted by Crippen LogP contribution is -2.46. The minimum atomic E-state index is -0.496. The maximum atomic E-state index is 12.8. The van der Waals surface area contributed by atoms with E-state index in [-0.39, 0.29) is 23.3 Å². The molecule has 0 saturated carbocycles. The minimum Gasteiger partial charge on any atom is -0.461 e. The number of nitrogens with zero attached hydrogens (tertiary/aromatic N) is 4. The van der Waals surface area contributed by atoms with Crippen LogP contribution in [-0.4, -0.2) is 45.6 Å². The number of aromatic amines is 1. The molecular weight excluding hydrogens is 398 g/mol. The van der Waals surface area contributed by atoms with Crippen molar-refractivity contribution in [3.8, 4) is 11.4 Å². The molecule has 1 fully saturated rings. The standard InChI is InChI=1S/C22H23N5O4/c1-2-30-20(29)16-12-31-21(24-16)27-10-4-7-22(13-27)8-6-15-17(22)25-18(26-19(15)28)14-5-3-9-23-11-14/h3,5,9,11-12H,2,4,6-8,10,13H2,1H3,(H,25,26,28). The molecule has 5 rings (SSSR count). The fraction of sp³-hybridized carbons (Fsp3) is 0.409. The van der Waals surface area contributed by atoms with Crippen molar-refractivity contribution in [1.29, 1.82) is 0 Å². The van der Waals surface area contributed by atoms with E-state index in [1.165, 1.54) is 6.26 Å². The summed E-state index contributed by atoms with van der Waals surface area (Å²) in [6.07, 6.45) is 8.10. The van der Waals surface area contributed by atoms with Gasteiger partial charge < -0.3 is 19.0 Å². The number of ether oxygens (including phenoxy) is 1. The second kappa shape index (κ2) is 7.64. The molecular formula is C22H23N5O4. The molecule has 3 aromatic heterocycles. The first-order chi connectivity index (χ1) is 15.1. The van der Waals surface area contributed by atoms with E-state index in [0.29, 0.717) is 24.8 Å². The molecule has 1 atom stereocenters. The first kappa shape index (κ1) is 19.5. The molecule has 1 aliphatic carbocycles. The van der Waals surface area contributed by atoms with Crippen molar-refractivity contribution >= 4 is 12.0 Å². The number of piperidine rings is 1. The van der Waals surface area contributed by atoms with Crippen LogP contribution in [0, 0.1) is 0 Å². The Morgan fingerprint density at radius 3 is 3.06 bits per heavy atom. The van der Waals surface area contributed by atoms with Crippen LogP contribution in [0.4, 0.5) is 6.01 Å². The number of anilines is 1. The molecule has 160 valence electrons. The van der Waals surface area contributed by atoms with E-state index >= 15 is 0 Å². The summed E-state index contributed by atoms with van der Waals surface area (Å²) in [5, 5.41) is 0. The third-order valence-corrected chi connectivity index (χ3v) is 6.13. The first-order valence-corrected chi connectivity index (χ1v) is 10.5. The Morgan fingerprint density at radius 2 is 2.26 bits per heavy atom. The normalized spacial score (nSPS) is 20.1. The van der Waals surface area contributed by atoms with Crippen LogP contribution in [0.1, 0.15) is 47.9 Å². The quantitative estimate of drug-likeness (QED) is 0.639. The van der Waals surface area contributed by atoms with Crippen molar-refractivity contribution in [2.45, 2.75) is 38.0 Å². The number of hydrogen-bond acceptors (Lipinski definition) is 8. The molecule has 2 aliphatic rings. The number of esters is 1. The molecule has 4 heterocycles. The maximum Gasteiger partial charge on any atom is 0.360 e. The Balaban J connectivity index is 1.48. The van der Waals surface area contributed by atoms with Gasteiger partial charge in [-0.25, -0.2) is 9.78 Å². The second-order valence-corrected chi connectivity index (χ2v) is 8.02. The van der Waals surface area contributed by atoms with Gasteiger partial charge in [-0.05, 0) is 44.7 Å². The molecule has 0 aromatic carbocycles. The van der Waals surface area contributed by atoms with Gasteiger partial charge in [0.15, 0.2) is 5.69 Å². The number of nitrogens with one attached hydrogen (secondary N) is 1. The fourth-order valence-electron chi connectivity index (χ4n) is 4.69. The number of fused-ring (bicyclic) bond motifs is 2. The molecule has 1 unspecified atom stereocenters. The highest BCUT2D eigenvalue weighted by molar-refractivity contribution is 5.87. The average molecular weight is 421 g/mol. The van der Waals surface area contributed by atoms with E-state index in [2.05, 4.69) is 15.0 Å². The number of oxazole rings is 1. The van der Waals surface area contributed by atoms with E-state index < -0.39 is 5.97 Å². The smallest absolute Gasteiger partial charge is 0.360 e. The fourth-order valence-corrected chi connectivity index (χ4v) is 4.69. The van der Waals surface area contributed by atoms with Crippen LogP contribution in [0.25, 0.3) is 11.4 Å². The summed E-state index contributed by atoms with van der Waals surface area (Å²) in [6.45, 7) is 3.42. The highest BCUT2D eigenvalue weighted by atomic mass is 16.5. The van der Waals surface area contributed by atoms with Gasteiger partial charge in [0.25, 0.3) is 11.6 Å². The topological polar surface area (TPSA) is 114 Å². The van der Waals surface area contributed by atoms with Crippen molar-refractivity contribution in [3.05, 3.63) is 58.1 Å². The SMILES string of the molecule is CCOC(=O)c1coc(N2CCCC3(CCc4c3nc(-c3cccnc3)[nH]c4=O)C2)n1. The number of pyridine rings is 1. The number of rotatable bonds is 4. The summed E-state index contributed by atoms with van der Waals surface area (Å²) in [5.41, 5.74) is 2.22. The summed E-state index contributed by atoms with van der Waals surface area (Å²) in [5.74, 6) is 0.0423. The molecule has 3 aromatic rings. The molecule has 0 bridgehead atoms. The van der Waals surface area contributed by atoms with Gasteiger partial charge in [0, 0.05) is 42.0 Å². The third-order valence-electron chi connectivity index (χ3n) is 6.13. The van der Waals surface area contributed by atoms with E-state index in [1.54, 1.807) is 19.3 Å². The summed E-state index contributed by atoms with van der Waals surface area (Å²) >= 11 is 0. The zero-order valence-electron chi connectivity index (χ0n) is 17.3. The third kappa shape index (κ3) is 3.39. The van der Waals surface area contributed by atoms with Crippen LogP contribution in [-0.2, 0) is 16.6 Å². The maximum absolute atomic E-state index is 12.8. The van der Waals surface area contributed by atoms with Gasteiger partial charge in [-0.3, -0.25) is 9.78 Å². The summed E-state index contributed by atoms with van der Waals surface area (Å²) in [4.78, 5) is 43.1. The molecule has 31 heavy (non-hydrogen) atoms. The largest absolute Gasteiger partial charge is 0.461 e. The zero-order chi connectivity index (χ0) is 21.4. The van der Waals surface area contributed by atoms with Crippen LogP contribution in [0.15, 0.2) is 40.0 Å². The van der Waals surface area contributed by atoms with E-state index in [1.807, 2.05) is 17.0 Å². The average Bonchev–Trinajstić information content (AvgIpc) is 3.41. The molecule has 1 spiro atoms. The molecule has 1 saturated heterocycles. The Hall–Kier alpha value is -3.49. The lowest BCUT2D eigenvalue weighted by molar-refractivity contribution is 0.0519. The molecule has 1 aliphatic heterocycles. The van der Waals surface area contributed by atoms with Gasteiger partial charge in [-0.15, -0.1) is 0 Å². The number of H-pyrrole nitrogens is 1. The number of hydrogen-bond donors (Lipinski definition) is 1. The Morgan fingerprint density at radius 1 is 1.35 bits per heavy atom. The zero-order valence-corrected chi connectivity index (χ0v) is 17.3. The van der Waals surface area contributed by atoms with Crippen LogP contribution in [0.5, 0.6) is 0 Å². The Bertz CT molecular complexity index is 1170. The van der Waals surface area contributed by atoms with Gasteiger partial charge in [0.2, 0.25) is 0 Å². The monoisotopic (exact) mass is 421 g/mol. The van der Waals surface area contributed by atoms with Crippen molar-refractivity contribution in [2.24, 2.45) is 0 Å². The van der Waals surface area contributed by atoms with Gasteiger partial charge in [-0.2, -0.15) is 4.98 Å². The molecule has 1 N–H and O–H groups in total. The van der Waals surface area contributed by atoms with Gasteiger partial charge in [-0.1, -0.05) is 0 Å². The first-order valence-electron chi connectivity index (χ1n) is 10.5. The highest BCUT2D eigenvalue weighted by Crippen LogP contribution is 2.44. The molecule has 0 amide bonds. The predicted octanol–water partition coefficient (Wildman–Crippen LogP) is 2.48. The van der Waals surface area contributed by atoms with Crippen molar-refractivity contribution in [2.75, 3.05) is 24.6 Å². The lowest BCUT2D eigenvalue weighted by atomic mass is 9.77. The van der Waals surface area contributed by atoms with E-state index in [9.17, 15) is 9.59 Å². The number of carbonyl (C=O) groups is 1. The lowest BCUT2D eigenvalue weighted by Gasteiger charge is -2.39. The molecule has 9 nitrogen and oxygen atoms in total. The number of carbonyl (C=O) groups excluding carboxylic acids is 1. The van der Waals surface area contributed by atoms with E-state index in [4.69, 9.17) is 14.1 Å². The van der Waals surface area contributed by atoms with Gasteiger partial charge >= 0.3 is 5.97 Å². The molecule has 0 radical (unpaired) electrons. The predicted molar refractivity (Wildman–Crippen MR) is 112 cm³/mol. The van der Waals surface area contributed by atoms with Crippen molar-refractivity contribution < 1.29 is 13.9 Å². The Labute approximate surface area is 178 Å². The van der Waals surface area contributed by atoms with E-state index in [0.717, 1.165) is 42.6 Å². The second-order valence-electron chi connectivity index (χ2n) is 8.02. The highest BCUT2D eigenvalue weighted by Gasteiger charge is 2.45. The number of aromatic nitrogens is 4. The van der Waals surface area contributed by atoms with Gasteiger partial charge in [0.1, 0.15) is 12.1 Å². The van der Waals surface area contributed by atoms with Crippen molar-refractivity contribution in [3.63, 3.8) is 0 Å². The molecule has 9 heteroatoms. The minimum absolute atomic E-state index is 0.0847. The van der Waals surface area contributed by atoms with Crippen molar-refractivity contribution in [1.82, 2.24) is 19.9 Å². The summed E-state index contributed by atoms with van der Waals surface area (Å²) in [6, 6.07) is 4.11. The summed E-state index contributed by atoms with van der Waals surface area (Å²) < 4.78 is 10.6. The Kier molecular flexibility index (Phi) is 4.80. The van der Waals surface area contributed by atoms with Crippen LogP contribution < -0.4 is 10.5 Å². The van der Waals surface area contributed by atoms with Gasteiger partial charge in [0.05, 0.1) is 12.3 Å².